The van der Waals surface area contributed by atoms with Crippen molar-refractivity contribution in [3.05, 3.63) is 35.6 Å². The summed E-state index contributed by atoms with van der Waals surface area (Å²) < 4.78 is 12.9. The number of likely N-dealkylation sites (tertiary alicyclic amines) is 1. The molecule has 0 radical (unpaired) electrons. The van der Waals surface area contributed by atoms with Crippen molar-refractivity contribution < 1.29 is 9.18 Å². The van der Waals surface area contributed by atoms with E-state index in [4.69, 9.17) is 5.73 Å². The number of amides is 1. The van der Waals surface area contributed by atoms with Crippen molar-refractivity contribution in [1.29, 1.82) is 0 Å². The Labute approximate surface area is 118 Å². The minimum atomic E-state index is -0.226. The predicted molar refractivity (Wildman–Crippen MR) is 75.6 cm³/mol. The molecule has 0 unspecified atom stereocenters. The lowest BCUT2D eigenvalue weighted by atomic mass is 9.98. The lowest BCUT2D eigenvalue weighted by molar-refractivity contribution is -0.136. The number of hydrogen-bond donors (Lipinski definition) is 1. The summed E-state index contributed by atoms with van der Waals surface area (Å²) in [4.78, 5) is 14.5. The zero-order valence-corrected chi connectivity index (χ0v) is 11.8. The first kappa shape index (κ1) is 13.6. The Morgan fingerprint density at radius 1 is 1.30 bits per heavy atom. The van der Waals surface area contributed by atoms with Crippen molar-refractivity contribution in [2.75, 3.05) is 6.54 Å². The SMILES string of the molecule is C[C@@H]1C[C@H](N)CCN1C(=O)[C@@H]1C[C@@H]1c1ccc(F)cc1. The minimum absolute atomic E-state index is 0.0808. The van der Waals surface area contributed by atoms with Gasteiger partial charge in [-0.2, -0.15) is 0 Å². The standard InChI is InChI=1S/C16H21FN2O/c1-10-8-13(18)6-7-19(10)16(20)15-9-14(15)11-2-4-12(17)5-3-11/h2-5,10,13-15H,6-9,18H2,1H3/t10-,13-,14-,15-/m1/s1. The van der Waals surface area contributed by atoms with Gasteiger partial charge < -0.3 is 10.6 Å². The zero-order chi connectivity index (χ0) is 14.3. The summed E-state index contributed by atoms with van der Waals surface area (Å²) in [6.07, 6.45) is 2.67. The third kappa shape index (κ3) is 2.57. The van der Waals surface area contributed by atoms with Crippen LogP contribution >= 0.6 is 0 Å². The van der Waals surface area contributed by atoms with Crippen molar-refractivity contribution in [3.63, 3.8) is 0 Å². The quantitative estimate of drug-likeness (QED) is 0.900. The largest absolute Gasteiger partial charge is 0.340 e. The number of rotatable bonds is 2. The lowest BCUT2D eigenvalue weighted by Crippen LogP contribution is -2.49. The molecule has 2 aliphatic rings. The second-order valence-corrected chi connectivity index (χ2v) is 6.17. The first-order chi connectivity index (χ1) is 9.56. The van der Waals surface area contributed by atoms with Crippen LogP contribution in [0.3, 0.4) is 0 Å². The highest BCUT2D eigenvalue weighted by Crippen LogP contribution is 2.48. The van der Waals surface area contributed by atoms with Crippen LogP contribution < -0.4 is 5.73 Å². The molecule has 1 aliphatic heterocycles. The van der Waals surface area contributed by atoms with E-state index in [9.17, 15) is 9.18 Å². The molecule has 1 aliphatic carbocycles. The molecule has 4 atom stereocenters. The van der Waals surface area contributed by atoms with Gasteiger partial charge in [0.2, 0.25) is 5.91 Å². The number of hydrogen-bond acceptors (Lipinski definition) is 2. The highest BCUT2D eigenvalue weighted by Gasteiger charge is 2.46. The maximum absolute atomic E-state index is 12.9. The summed E-state index contributed by atoms with van der Waals surface area (Å²) in [6, 6.07) is 6.99. The molecule has 1 aromatic carbocycles. The van der Waals surface area contributed by atoms with Gasteiger partial charge in [0.05, 0.1) is 0 Å². The summed E-state index contributed by atoms with van der Waals surface area (Å²) in [5, 5.41) is 0. The Kier molecular flexibility index (Phi) is 3.50. The third-order valence-corrected chi connectivity index (χ3v) is 4.61. The van der Waals surface area contributed by atoms with Gasteiger partial charge in [-0.05, 0) is 49.8 Å². The summed E-state index contributed by atoms with van der Waals surface area (Å²) in [5.74, 6) is 0.373. The number of carbonyl (C=O) groups excluding carboxylic acids is 1. The van der Waals surface area contributed by atoms with Crippen LogP contribution in [0, 0.1) is 11.7 Å². The van der Waals surface area contributed by atoms with Crippen LogP contribution in [0.5, 0.6) is 0 Å². The van der Waals surface area contributed by atoms with Gasteiger partial charge >= 0.3 is 0 Å². The highest BCUT2D eigenvalue weighted by atomic mass is 19.1. The molecule has 1 heterocycles. The number of benzene rings is 1. The maximum Gasteiger partial charge on any atom is 0.226 e. The number of halogens is 1. The molecule has 2 N–H and O–H groups in total. The van der Waals surface area contributed by atoms with Gasteiger partial charge in [-0.3, -0.25) is 4.79 Å². The molecule has 1 saturated carbocycles. The Morgan fingerprint density at radius 3 is 2.65 bits per heavy atom. The highest BCUT2D eigenvalue weighted by molar-refractivity contribution is 5.83. The van der Waals surface area contributed by atoms with E-state index in [2.05, 4.69) is 6.92 Å². The van der Waals surface area contributed by atoms with E-state index in [1.807, 2.05) is 4.90 Å². The minimum Gasteiger partial charge on any atom is -0.340 e. The van der Waals surface area contributed by atoms with Crippen LogP contribution in [0.2, 0.25) is 0 Å². The summed E-state index contributed by atoms with van der Waals surface area (Å²) in [7, 11) is 0. The number of nitrogens with two attached hydrogens (primary N) is 1. The molecule has 1 saturated heterocycles. The molecule has 1 amide bonds. The van der Waals surface area contributed by atoms with Gasteiger partial charge in [0.1, 0.15) is 5.82 Å². The van der Waals surface area contributed by atoms with Crippen molar-refractivity contribution in [3.8, 4) is 0 Å². The van der Waals surface area contributed by atoms with Crippen molar-refractivity contribution in [2.45, 2.75) is 44.2 Å². The lowest BCUT2D eigenvalue weighted by Gasteiger charge is -2.36. The molecule has 20 heavy (non-hydrogen) atoms. The first-order valence-corrected chi connectivity index (χ1v) is 7.38. The first-order valence-electron chi connectivity index (χ1n) is 7.38. The van der Waals surface area contributed by atoms with Crippen molar-refractivity contribution in [2.24, 2.45) is 11.7 Å². The second-order valence-electron chi connectivity index (χ2n) is 6.17. The summed E-state index contributed by atoms with van der Waals surface area (Å²) >= 11 is 0. The molecule has 3 nitrogen and oxygen atoms in total. The van der Waals surface area contributed by atoms with E-state index in [0.29, 0.717) is 0 Å². The molecule has 2 fully saturated rings. The Morgan fingerprint density at radius 2 is 2.00 bits per heavy atom. The van der Waals surface area contributed by atoms with Crippen LogP contribution in [0.4, 0.5) is 4.39 Å². The Hall–Kier alpha value is -1.42. The van der Waals surface area contributed by atoms with Gasteiger partial charge in [-0.25, -0.2) is 4.39 Å². The second kappa shape index (κ2) is 5.17. The molecule has 0 bridgehead atoms. The average molecular weight is 276 g/mol. The molecule has 0 aromatic heterocycles. The molecule has 4 heteroatoms. The summed E-state index contributed by atoms with van der Waals surface area (Å²) in [6.45, 7) is 2.85. The van der Waals surface area contributed by atoms with Crippen LogP contribution in [0.15, 0.2) is 24.3 Å². The normalized spacial score (nSPS) is 33.0. The van der Waals surface area contributed by atoms with Gasteiger partial charge in [-0.1, -0.05) is 12.1 Å². The van der Waals surface area contributed by atoms with Crippen LogP contribution in [-0.2, 0) is 4.79 Å². The number of nitrogens with zero attached hydrogens (tertiary/aromatic N) is 1. The third-order valence-electron chi connectivity index (χ3n) is 4.61. The fourth-order valence-electron chi connectivity index (χ4n) is 3.30. The molecular formula is C16H21FN2O. The number of piperidine rings is 1. The predicted octanol–water partition coefficient (Wildman–Crippen LogP) is 2.27. The fraction of sp³-hybridized carbons (Fsp3) is 0.562. The molecule has 3 rings (SSSR count). The van der Waals surface area contributed by atoms with Crippen LogP contribution in [0.1, 0.15) is 37.7 Å². The Bertz CT molecular complexity index is 502. The van der Waals surface area contributed by atoms with E-state index < -0.39 is 0 Å². The smallest absolute Gasteiger partial charge is 0.226 e. The topological polar surface area (TPSA) is 46.3 Å². The molecular weight excluding hydrogens is 255 g/mol. The summed E-state index contributed by atoms with van der Waals surface area (Å²) in [5.41, 5.74) is 7.01. The van der Waals surface area contributed by atoms with E-state index in [0.717, 1.165) is 31.4 Å². The van der Waals surface area contributed by atoms with Gasteiger partial charge in [0.25, 0.3) is 0 Å². The van der Waals surface area contributed by atoms with E-state index >= 15 is 0 Å². The average Bonchev–Trinajstić information content (AvgIpc) is 3.19. The van der Waals surface area contributed by atoms with E-state index in [1.54, 1.807) is 12.1 Å². The number of carbonyl (C=O) groups is 1. The Balaban J connectivity index is 1.64. The maximum atomic E-state index is 12.9. The van der Waals surface area contributed by atoms with Gasteiger partial charge in [0, 0.05) is 24.5 Å². The molecule has 0 spiro atoms. The van der Waals surface area contributed by atoms with Gasteiger partial charge in [0.15, 0.2) is 0 Å². The fourth-order valence-corrected chi connectivity index (χ4v) is 3.30. The zero-order valence-electron chi connectivity index (χ0n) is 11.8. The van der Waals surface area contributed by atoms with Crippen LogP contribution in [0.25, 0.3) is 0 Å². The molecule has 108 valence electrons. The van der Waals surface area contributed by atoms with Crippen molar-refractivity contribution in [1.82, 2.24) is 4.90 Å². The van der Waals surface area contributed by atoms with E-state index in [1.165, 1.54) is 12.1 Å². The van der Waals surface area contributed by atoms with E-state index in [-0.39, 0.29) is 35.6 Å². The van der Waals surface area contributed by atoms with Crippen LogP contribution in [-0.4, -0.2) is 29.4 Å². The van der Waals surface area contributed by atoms with Crippen molar-refractivity contribution >= 4 is 5.91 Å². The molecule has 1 aromatic rings. The van der Waals surface area contributed by atoms with Gasteiger partial charge in [-0.15, -0.1) is 0 Å². The monoisotopic (exact) mass is 276 g/mol.